The molecular weight excluding hydrogens is 206 g/mol. The molecule has 6 nitrogen and oxygen atoms in total. The second-order valence-corrected chi connectivity index (χ2v) is 3.10. The van der Waals surface area contributed by atoms with Gasteiger partial charge in [-0.2, -0.15) is 0 Å². The first-order chi connectivity index (χ1) is 7.65. The molecule has 0 radical (unpaired) electrons. The van der Waals surface area contributed by atoms with Gasteiger partial charge in [-0.15, -0.1) is 0 Å². The van der Waals surface area contributed by atoms with E-state index in [1.165, 1.54) is 6.92 Å². The second kappa shape index (κ2) is 5.72. The second-order valence-electron chi connectivity index (χ2n) is 3.10. The normalized spacial score (nSPS) is 10.8. The van der Waals surface area contributed by atoms with Crippen LogP contribution < -0.4 is 21.9 Å². The van der Waals surface area contributed by atoms with Crippen molar-refractivity contribution in [2.24, 2.45) is 10.8 Å². The molecule has 1 amide bonds. The minimum absolute atomic E-state index is 0.113. The molecule has 0 spiro atoms. The Bertz CT molecular complexity index is 402. The Kier molecular flexibility index (Phi) is 4.28. The van der Waals surface area contributed by atoms with Crippen molar-refractivity contribution in [1.29, 1.82) is 0 Å². The van der Waals surface area contributed by atoms with Gasteiger partial charge in [0.2, 0.25) is 11.9 Å². The SMILES string of the molecule is CN=C(NN)Nc1cccc(NC(C)=O)c1. The highest BCUT2D eigenvalue weighted by Gasteiger charge is 1.99. The molecule has 6 heteroatoms. The van der Waals surface area contributed by atoms with Crippen LogP contribution in [0.4, 0.5) is 11.4 Å². The molecule has 0 aliphatic rings. The van der Waals surface area contributed by atoms with Crippen molar-refractivity contribution < 1.29 is 4.79 Å². The number of aliphatic imine (C=N–C) groups is 1. The zero-order chi connectivity index (χ0) is 12.0. The van der Waals surface area contributed by atoms with E-state index in [1.807, 2.05) is 12.1 Å². The largest absolute Gasteiger partial charge is 0.326 e. The molecule has 0 aromatic heterocycles. The maximum Gasteiger partial charge on any atom is 0.221 e. The minimum Gasteiger partial charge on any atom is -0.326 e. The average molecular weight is 221 g/mol. The molecule has 0 atom stereocenters. The molecule has 16 heavy (non-hydrogen) atoms. The lowest BCUT2D eigenvalue weighted by Crippen LogP contribution is -2.36. The number of rotatable bonds is 2. The van der Waals surface area contributed by atoms with Crippen molar-refractivity contribution in [3.8, 4) is 0 Å². The van der Waals surface area contributed by atoms with Crippen molar-refractivity contribution in [3.05, 3.63) is 24.3 Å². The van der Waals surface area contributed by atoms with Crippen molar-refractivity contribution >= 4 is 23.2 Å². The predicted molar refractivity (Wildman–Crippen MR) is 65.1 cm³/mol. The molecule has 0 saturated heterocycles. The van der Waals surface area contributed by atoms with Crippen LogP contribution in [0.15, 0.2) is 29.3 Å². The van der Waals surface area contributed by atoms with E-state index in [1.54, 1.807) is 19.2 Å². The lowest BCUT2D eigenvalue weighted by molar-refractivity contribution is -0.114. The van der Waals surface area contributed by atoms with Crippen LogP contribution in [0.5, 0.6) is 0 Å². The number of hydrazine groups is 1. The zero-order valence-corrected chi connectivity index (χ0v) is 9.24. The van der Waals surface area contributed by atoms with E-state index in [9.17, 15) is 4.79 Å². The molecule has 0 saturated carbocycles. The maximum absolute atomic E-state index is 10.9. The zero-order valence-electron chi connectivity index (χ0n) is 9.24. The van der Waals surface area contributed by atoms with Crippen LogP contribution in [-0.4, -0.2) is 18.9 Å². The molecule has 1 aromatic carbocycles. The Morgan fingerprint density at radius 3 is 2.44 bits per heavy atom. The lowest BCUT2D eigenvalue weighted by Gasteiger charge is -2.09. The maximum atomic E-state index is 10.9. The summed E-state index contributed by atoms with van der Waals surface area (Å²) in [6.45, 7) is 1.46. The van der Waals surface area contributed by atoms with Gasteiger partial charge in [-0.3, -0.25) is 15.2 Å². The van der Waals surface area contributed by atoms with Crippen LogP contribution in [0.3, 0.4) is 0 Å². The minimum atomic E-state index is -0.113. The van der Waals surface area contributed by atoms with Crippen LogP contribution in [-0.2, 0) is 4.79 Å². The van der Waals surface area contributed by atoms with Crippen LogP contribution >= 0.6 is 0 Å². The number of benzene rings is 1. The van der Waals surface area contributed by atoms with E-state index in [4.69, 9.17) is 5.84 Å². The van der Waals surface area contributed by atoms with Crippen LogP contribution in [0, 0.1) is 0 Å². The fraction of sp³-hybridized carbons (Fsp3) is 0.200. The summed E-state index contributed by atoms with van der Waals surface area (Å²) in [5.74, 6) is 5.57. The third-order valence-electron chi connectivity index (χ3n) is 1.81. The Labute approximate surface area is 93.9 Å². The topological polar surface area (TPSA) is 91.5 Å². The van der Waals surface area contributed by atoms with Gasteiger partial charge in [0.05, 0.1) is 0 Å². The standard InChI is InChI=1S/C10H15N5O/c1-7(16)13-8-4-3-5-9(6-8)14-10(12-2)15-11/h3-6H,11H2,1-2H3,(H,13,16)(H2,12,14,15). The molecule has 5 N–H and O–H groups in total. The number of hydrogen-bond donors (Lipinski definition) is 4. The van der Waals surface area contributed by atoms with E-state index in [-0.39, 0.29) is 5.91 Å². The van der Waals surface area contributed by atoms with Gasteiger partial charge < -0.3 is 10.6 Å². The molecule has 0 fully saturated rings. The number of guanidine groups is 1. The Hall–Kier alpha value is -2.08. The number of hydrogen-bond acceptors (Lipinski definition) is 3. The summed E-state index contributed by atoms with van der Waals surface area (Å²) >= 11 is 0. The summed E-state index contributed by atoms with van der Waals surface area (Å²) in [6.07, 6.45) is 0. The summed E-state index contributed by atoms with van der Waals surface area (Å²) in [4.78, 5) is 14.7. The quantitative estimate of drug-likeness (QED) is 0.253. The first kappa shape index (κ1) is 12.0. The molecule has 1 aromatic rings. The van der Waals surface area contributed by atoms with E-state index in [2.05, 4.69) is 21.1 Å². The first-order valence-electron chi connectivity index (χ1n) is 4.73. The van der Waals surface area contributed by atoms with Crippen molar-refractivity contribution in [3.63, 3.8) is 0 Å². The smallest absolute Gasteiger partial charge is 0.221 e. The highest BCUT2D eigenvalue weighted by molar-refractivity contribution is 5.94. The number of nitrogens with one attached hydrogen (secondary N) is 3. The van der Waals surface area contributed by atoms with E-state index in [0.717, 1.165) is 5.69 Å². The fourth-order valence-electron chi connectivity index (χ4n) is 1.17. The Morgan fingerprint density at radius 2 is 1.94 bits per heavy atom. The fourth-order valence-corrected chi connectivity index (χ4v) is 1.17. The monoisotopic (exact) mass is 221 g/mol. The lowest BCUT2D eigenvalue weighted by atomic mass is 10.3. The van der Waals surface area contributed by atoms with Crippen LogP contribution in [0.25, 0.3) is 0 Å². The van der Waals surface area contributed by atoms with Crippen molar-refractivity contribution in [2.45, 2.75) is 6.92 Å². The predicted octanol–water partition coefficient (Wildman–Crippen LogP) is 0.506. The van der Waals surface area contributed by atoms with Gasteiger partial charge in [0.25, 0.3) is 0 Å². The summed E-state index contributed by atoms with van der Waals surface area (Å²) in [5.41, 5.74) is 3.91. The van der Waals surface area contributed by atoms with Gasteiger partial charge in [0.15, 0.2) is 0 Å². The molecule has 0 bridgehead atoms. The molecule has 1 rings (SSSR count). The Balaban J connectivity index is 2.78. The summed E-state index contributed by atoms with van der Waals surface area (Å²) in [5, 5.41) is 5.64. The van der Waals surface area contributed by atoms with Crippen molar-refractivity contribution in [1.82, 2.24) is 5.43 Å². The van der Waals surface area contributed by atoms with Gasteiger partial charge >= 0.3 is 0 Å². The number of carbonyl (C=O) groups is 1. The van der Waals surface area contributed by atoms with E-state index < -0.39 is 0 Å². The number of nitrogens with zero attached hydrogens (tertiary/aromatic N) is 1. The highest BCUT2D eigenvalue weighted by atomic mass is 16.1. The number of carbonyl (C=O) groups excluding carboxylic acids is 1. The number of anilines is 2. The molecule has 0 heterocycles. The van der Waals surface area contributed by atoms with Crippen LogP contribution in [0.1, 0.15) is 6.92 Å². The summed E-state index contributed by atoms with van der Waals surface area (Å²) in [7, 11) is 1.61. The average Bonchev–Trinajstić information content (AvgIpc) is 2.25. The molecule has 0 unspecified atom stereocenters. The molecule has 0 aliphatic carbocycles. The van der Waals surface area contributed by atoms with Gasteiger partial charge in [0, 0.05) is 25.3 Å². The summed E-state index contributed by atoms with van der Waals surface area (Å²) < 4.78 is 0. The van der Waals surface area contributed by atoms with E-state index in [0.29, 0.717) is 11.6 Å². The van der Waals surface area contributed by atoms with Gasteiger partial charge in [-0.25, -0.2) is 5.84 Å². The number of nitrogens with two attached hydrogens (primary N) is 1. The van der Waals surface area contributed by atoms with Gasteiger partial charge in [-0.1, -0.05) is 6.07 Å². The number of amides is 1. The van der Waals surface area contributed by atoms with Gasteiger partial charge in [-0.05, 0) is 18.2 Å². The third-order valence-corrected chi connectivity index (χ3v) is 1.81. The highest BCUT2D eigenvalue weighted by Crippen LogP contribution is 2.14. The van der Waals surface area contributed by atoms with Crippen molar-refractivity contribution in [2.75, 3.05) is 17.7 Å². The van der Waals surface area contributed by atoms with Gasteiger partial charge in [0.1, 0.15) is 0 Å². The summed E-state index contributed by atoms with van der Waals surface area (Å²) in [6, 6.07) is 7.24. The molecule has 0 aliphatic heterocycles. The van der Waals surface area contributed by atoms with E-state index >= 15 is 0 Å². The third kappa shape index (κ3) is 3.58. The van der Waals surface area contributed by atoms with Crippen LogP contribution in [0.2, 0.25) is 0 Å². The molecule has 86 valence electrons. The Morgan fingerprint density at radius 1 is 1.31 bits per heavy atom. The first-order valence-corrected chi connectivity index (χ1v) is 4.73. The molecular formula is C10H15N5O.